The minimum atomic E-state index is -0.464. The van der Waals surface area contributed by atoms with E-state index in [4.69, 9.17) is 0 Å². The largest absolute Gasteiger partial charge is 0.321 e. The molecule has 4 amide bonds. The maximum Gasteiger partial charge on any atom is 0.272 e. The monoisotopic (exact) mass is 637 g/mol. The number of imide groups is 1. The van der Waals surface area contributed by atoms with E-state index in [9.17, 15) is 19.2 Å². The Labute approximate surface area is 277 Å². The minimum Gasteiger partial charge on any atom is -0.321 e. The van der Waals surface area contributed by atoms with Crippen molar-refractivity contribution >= 4 is 47.2 Å². The van der Waals surface area contributed by atoms with Crippen LogP contribution in [0.1, 0.15) is 43.1 Å². The fraction of sp³-hybridized carbons (Fsp3) is 0.0769. The molecule has 0 aromatic heterocycles. The van der Waals surface area contributed by atoms with Crippen molar-refractivity contribution in [3.63, 3.8) is 0 Å². The quantitative estimate of drug-likeness (QED) is 0.0675. The van der Waals surface area contributed by atoms with Crippen molar-refractivity contribution in [2.45, 2.75) is 11.3 Å². The molecule has 0 bridgehead atoms. The molecule has 0 aliphatic carbocycles. The van der Waals surface area contributed by atoms with Crippen molar-refractivity contribution in [2.75, 3.05) is 17.6 Å². The Morgan fingerprint density at radius 1 is 0.681 bits per heavy atom. The average Bonchev–Trinajstić information content (AvgIpc) is 3.35. The first-order valence-electron chi connectivity index (χ1n) is 15.2. The number of anilines is 1. The number of fused-ring (bicyclic) bond motifs is 1. The molecule has 1 heterocycles. The highest BCUT2D eigenvalue weighted by Gasteiger charge is 2.34. The van der Waals surface area contributed by atoms with Crippen LogP contribution >= 0.6 is 11.8 Å². The molecule has 6 rings (SSSR count). The van der Waals surface area contributed by atoms with Crippen LogP contribution in [0.2, 0.25) is 0 Å². The zero-order chi connectivity index (χ0) is 32.6. The second-order valence-corrected chi connectivity index (χ2v) is 12.0. The predicted molar refractivity (Wildman–Crippen MR) is 186 cm³/mol. The highest BCUT2D eigenvalue weighted by atomic mass is 32.2. The van der Waals surface area contributed by atoms with Crippen LogP contribution in [-0.2, 0) is 4.79 Å². The van der Waals surface area contributed by atoms with Gasteiger partial charge in [0.15, 0.2) is 0 Å². The first-order chi connectivity index (χ1) is 23.0. The molecule has 2 N–H and O–H groups in total. The number of hydrogen-bond donors (Lipinski definition) is 2. The second-order valence-electron chi connectivity index (χ2n) is 10.9. The number of nitrogens with one attached hydrogen (secondary N) is 2. The number of amides is 4. The van der Waals surface area contributed by atoms with Crippen LogP contribution in [0.25, 0.3) is 17.2 Å². The Morgan fingerprint density at radius 3 is 1.98 bits per heavy atom. The lowest BCUT2D eigenvalue weighted by Gasteiger charge is -2.14. The van der Waals surface area contributed by atoms with E-state index in [1.807, 2.05) is 78.9 Å². The van der Waals surface area contributed by atoms with Crippen molar-refractivity contribution in [2.24, 2.45) is 0 Å². The van der Waals surface area contributed by atoms with E-state index in [1.165, 1.54) is 4.90 Å². The van der Waals surface area contributed by atoms with Gasteiger partial charge in [0.2, 0.25) is 0 Å². The Bertz CT molecular complexity index is 1920. The predicted octanol–water partition coefficient (Wildman–Crippen LogP) is 7.54. The molecule has 5 aromatic rings. The number of carbonyl (C=O) groups is 4. The molecule has 0 unspecified atom stereocenters. The van der Waals surface area contributed by atoms with E-state index in [0.29, 0.717) is 41.1 Å². The van der Waals surface area contributed by atoms with Gasteiger partial charge in [0.25, 0.3) is 23.6 Å². The molecule has 5 aromatic carbocycles. The summed E-state index contributed by atoms with van der Waals surface area (Å²) in [6.07, 6.45) is 2.27. The number of carbonyl (C=O) groups excluding carboxylic acids is 4. The summed E-state index contributed by atoms with van der Waals surface area (Å²) in [5.41, 5.74) is 4.89. The Kier molecular flexibility index (Phi) is 9.70. The van der Waals surface area contributed by atoms with Crippen molar-refractivity contribution in [3.8, 4) is 11.1 Å². The van der Waals surface area contributed by atoms with E-state index >= 15 is 0 Å². The summed E-state index contributed by atoms with van der Waals surface area (Å²) in [4.78, 5) is 54.1. The molecule has 0 saturated carbocycles. The van der Waals surface area contributed by atoms with Gasteiger partial charge in [-0.05, 0) is 77.4 Å². The minimum absolute atomic E-state index is 0.102. The number of rotatable bonds is 11. The Hall–Kier alpha value is -5.73. The molecular formula is C39H31N3O4S. The summed E-state index contributed by atoms with van der Waals surface area (Å²) >= 11 is 1.56. The van der Waals surface area contributed by atoms with Gasteiger partial charge in [0.1, 0.15) is 5.70 Å². The summed E-state index contributed by atoms with van der Waals surface area (Å²) in [5.74, 6) is -0.696. The smallest absolute Gasteiger partial charge is 0.272 e. The van der Waals surface area contributed by atoms with Crippen LogP contribution in [0.4, 0.5) is 5.69 Å². The van der Waals surface area contributed by atoms with Gasteiger partial charge in [-0.1, -0.05) is 91.0 Å². The van der Waals surface area contributed by atoms with Crippen molar-refractivity contribution in [1.29, 1.82) is 0 Å². The lowest BCUT2D eigenvalue weighted by Crippen LogP contribution is -2.31. The zero-order valence-electron chi connectivity index (χ0n) is 25.4. The molecule has 232 valence electrons. The summed E-state index contributed by atoms with van der Waals surface area (Å²) < 4.78 is 0. The Morgan fingerprint density at radius 2 is 1.30 bits per heavy atom. The molecule has 1 aliphatic heterocycles. The number of hydrogen-bond acceptors (Lipinski definition) is 5. The molecule has 0 fully saturated rings. The highest BCUT2D eigenvalue weighted by molar-refractivity contribution is 7.99. The molecule has 0 saturated heterocycles. The first-order valence-corrected chi connectivity index (χ1v) is 16.2. The summed E-state index contributed by atoms with van der Waals surface area (Å²) in [6.45, 7) is 0.331. The standard InChI is InChI=1S/C39H31N3O4S/c43-36(30-13-5-2-6-14-30)41-35(25-27-19-21-29(22-20-27)28-11-3-1-4-12-28)37(44)40-31-15-9-16-32(26-31)47-24-10-23-42-38(45)33-17-7-8-18-34(33)39(42)46/h1-9,11-22,25-26H,10,23-24H2,(H,40,44)(H,41,43)/b35-25-. The van der Waals surface area contributed by atoms with Gasteiger partial charge in [-0.15, -0.1) is 11.8 Å². The topological polar surface area (TPSA) is 95.6 Å². The summed E-state index contributed by atoms with van der Waals surface area (Å²) in [6, 6.07) is 40.8. The molecule has 0 atom stereocenters. The van der Waals surface area contributed by atoms with Crippen LogP contribution in [0.5, 0.6) is 0 Å². The maximum absolute atomic E-state index is 13.6. The van der Waals surface area contributed by atoms with Crippen LogP contribution in [0.3, 0.4) is 0 Å². The van der Waals surface area contributed by atoms with Gasteiger partial charge in [-0.2, -0.15) is 0 Å². The number of nitrogens with zero attached hydrogens (tertiary/aromatic N) is 1. The fourth-order valence-corrected chi connectivity index (χ4v) is 6.12. The number of thioether (sulfide) groups is 1. The third-order valence-corrected chi connectivity index (χ3v) is 8.70. The Balaban J connectivity index is 1.11. The van der Waals surface area contributed by atoms with Crippen LogP contribution < -0.4 is 10.6 Å². The van der Waals surface area contributed by atoms with Crippen molar-refractivity contribution < 1.29 is 19.2 Å². The van der Waals surface area contributed by atoms with E-state index in [1.54, 1.807) is 72.4 Å². The van der Waals surface area contributed by atoms with Gasteiger partial charge in [-0.3, -0.25) is 24.1 Å². The molecule has 1 aliphatic rings. The van der Waals surface area contributed by atoms with E-state index in [0.717, 1.165) is 21.6 Å². The van der Waals surface area contributed by atoms with Crippen LogP contribution in [-0.4, -0.2) is 40.8 Å². The van der Waals surface area contributed by atoms with E-state index in [2.05, 4.69) is 10.6 Å². The van der Waals surface area contributed by atoms with E-state index < -0.39 is 11.8 Å². The first kappa shape index (κ1) is 31.3. The zero-order valence-corrected chi connectivity index (χ0v) is 26.2. The number of benzene rings is 5. The lowest BCUT2D eigenvalue weighted by molar-refractivity contribution is -0.113. The molecule has 7 nitrogen and oxygen atoms in total. The summed E-state index contributed by atoms with van der Waals surface area (Å²) in [7, 11) is 0. The molecule has 0 radical (unpaired) electrons. The molecule has 8 heteroatoms. The maximum atomic E-state index is 13.6. The van der Waals surface area contributed by atoms with Gasteiger partial charge < -0.3 is 10.6 Å². The van der Waals surface area contributed by atoms with Crippen molar-refractivity contribution in [1.82, 2.24) is 10.2 Å². The fourth-order valence-electron chi connectivity index (χ4n) is 5.23. The molecular weight excluding hydrogens is 607 g/mol. The average molecular weight is 638 g/mol. The van der Waals surface area contributed by atoms with Gasteiger partial charge in [0.05, 0.1) is 11.1 Å². The van der Waals surface area contributed by atoms with Crippen LogP contribution in [0.15, 0.2) is 144 Å². The van der Waals surface area contributed by atoms with Crippen LogP contribution in [0, 0.1) is 0 Å². The molecule has 47 heavy (non-hydrogen) atoms. The van der Waals surface area contributed by atoms with Gasteiger partial charge in [-0.25, -0.2) is 0 Å². The van der Waals surface area contributed by atoms with Crippen molar-refractivity contribution in [3.05, 3.63) is 161 Å². The summed E-state index contributed by atoms with van der Waals surface area (Å²) in [5, 5.41) is 5.71. The van der Waals surface area contributed by atoms with E-state index in [-0.39, 0.29) is 17.5 Å². The third kappa shape index (κ3) is 7.57. The normalized spacial score (nSPS) is 12.5. The lowest BCUT2D eigenvalue weighted by atomic mass is 10.0. The third-order valence-electron chi connectivity index (χ3n) is 7.62. The second kappa shape index (κ2) is 14.6. The SMILES string of the molecule is O=C(Nc1cccc(SCCCN2C(=O)c3ccccc3C2=O)c1)/C(=C/c1ccc(-c2ccccc2)cc1)NC(=O)c1ccccc1. The van der Waals surface area contributed by atoms with Gasteiger partial charge in [0, 0.05) is 22.7 Å². The molecule has 0 spiro atoms. The van der Waals surface area contributed by atoms with Gasteiger partial charge >= 0.3 is 0 Å². The highest BCUT2D eigenvalue weighted by Crippen LogP contribution is 2.26.